The van der Waals surface area contributed by atoms with Gasteiger partial charge < -0.3 is 14.8 Å². The van der Waals surface area contributed by atoms with Crippen LogP contribution in [0.15, 0.2) is 18.6 Å². The Bertz CT molecular complexity index is 593. The molecule has 0 spiro atoms. The summed E-state index contributed by atoms with van der Waals surface area (Å²) in [7, 11) is 0. The number of aromatic nitrogens is 3. The van der Waals surface area contributed by atoms with Crippen molar-refractivity contribution in [3.63, 3.8) is 0 Å². The van der Waals surface area contributed by atoms with Crippen molar-refractivity contribution in [1.29, 1.82) is 0 Å². The van der Waals surface area contributed by atoms with Gasteiger partial charge in [0.25, 0.3) is 0 Å². The summed E-state index contributed by atoms with van der Waals surface area (Å²) < 4.78 is 0. The number of rotatable bonds is 2. The summed E-state index contributed by atoms with van der Waals surface area (Å²) in [6.45, 7) is 4.82. The highest BCUT2D eigenvalue weighted by atomic mass is 15.2. The van der Waals surface area contributed by atoms with Crippen LogP contribution in [0.25, 0.3) is 11.0 Å². The molecule has 0 amide bonds. The van der Waals surface area contributed by atoms with E-state index < -0.39 is 0 Å². The van der Waals surface area contributed by atoms with E-state index in [9.17, 15) is 0 Å². The molecule has 2 aromatic rings. The first-order chi connectivity index (χ1) is 10.4. The fourth-order valence-electron chi connectivity index (χ4n) is 3.82. The molecule has 2 fully saturated rings. The maximum Gasteiger partial charge on any atom is 0.156 e. The summed E-state index contributed by atoms with van der Waals surface area (Å²) in [4.78, 5) is 17.2. The number of hydrogen-bond acceptors (Lipinski definition) is 4. The molecule has 0 radical (unpaired) electrons. The van der Waals surface area contributed by atoms with Crippen molar-refractivity contribution in [3.8, 4) is 0 Å². The molecule has 2 aromatic heterocycles. The minimum atomic E-state index is 0.780. The number of likely N-dealkylation sites (tertiary alicyclic amines) is 1. The molecule has 5 heteroatoms. The van der Waals surface area contributed by atoms with E-state index in [-0.39, 0.29) is 0 Å². The van der Waals surface area contributed by atoms with Crippen LogP contribution in [-0.2, 0) is 0 Å². The van der Waals surface area contributed by atoms with Gasteiger partial charge in [-0.3, -0.25) is 0 Å². The molecule has 2 aliphatic rings. The lowest BCUT2D eigenvalue weighted by Gasteiger charge is -2.40. The van der Waals surface area contributed by atoms with Gasteiger partial charge >= 0.3 is 0 Å². The van der Waals surface area contributed by atoms with Gasteiger partial charge in [-0.15, -0.1) is 0 Å². The maximum atomic E-state index is 4.51. The summed E-state index contributed by atoms with van der Waals surface area (Å²) in [5.74, 6) is 1.07. The predicted octanol–water partition coefficient (Wildman–Crippen LogP) is 2.41. The minimum Gasteiger partial charge on any atom is -0.357 e. The van der Waals surface area contributed by atoms with Crippen molar-refractivity contribution in [3.05, 3.63) is 18.6 Å². The zero-order chi connectivity index (χ0) is 14.1. The van der Waals surface area contributed by atoms with Crippen LogP contribution < -0.4 is 4.90 Å². The average molecular weight is 285 g/mol. The fourth-order valence-corrected chi connectivity index (χ4v) is 3.82. The van der Waals surface area contributed by atoms with Gasteiger partial charge in [-0.1, -0.05) is 6.42 Å². The van der Waals surface area contributed by atoms with Crippen LogP contribution in [0.3, 0.4) is 0 Å². The quantitative estimate of drug-likeness (QED) is 0.920. The van der Waals surface area contributed by atoms with Crippen molar-refractivity contribution >= 4 is 16.9 Å². The molecular formula is C16H23N5. The number of fused-ring (bicyclic) bond motifs is 1. The summed E-state index contributed by atoms with van der Waals surface area (Å²) in [6.07, 6.45) is 10.3. The second-order valence-electron chi connectivity index (χ2n) is 6.25. The number of H-pyrrole nitrogens is 1. The van der Waals surface area contributed by atoms with Crippen LogP contribution in [-0.4, -0.2) is 52.1 Å². The Morgan fingerprint density at radius 3 is 2.62 bits per heavy atom. The largest absolute Gasteiger partial charge is 0.357 e. The SMILES string of the molecule is c1nc(N2CCC(N3CCCCC3)CC2)c2[nH]ccc2n1. The number of anilines is 1. The van der Waals surface area contributed by atoms with Crippen molar-refractivity contribution in [2.45, 2.75) is 38.1 Å². The molecule has 0 saturated carbocycles. The second kappa shape index (κ2) is 5.64. The van der Waals surface area contributed by atoms with Gasteiger partial charge in [0.05, 0.1) is 5.52 Å². The molecule has 2 saturated heterocycles. The third-order valence-corrected chi connectivity index (χ3v) is 5.00. The van der Waals surface area contributed by atoms with E-state index >= 15 is 0 Å². The Kier molecular flexibility index (Phi) is 3.51. The zero-order valence-electron chi connectivity index (χ0n) is 12.5. The van der Waals surface area contributed by atoms with Crippen LogP contribution in [0.1, 0.15) is 32.1 Å². The third-order valence-electron chi connectivity index (χ3n) is 5.00. The monoisotopic (exact) mass is 285 g/mol. The number of hydrogen-bond donors (Lipinski definition) is 1. The first-order valence-corrected chi connectivity index (χ1v) is 8.19. The van der Waals surface area contributed by atoms with Gasteiger partial charge in [0.15, 0.2) is 5.82 Å². The van der Waals surface area contributed by atoms with Gasteiger partial charge in [0, 0.05) is 25.3 Å². The average Bonchev–Trinajstić information content (AvgIpc) is 3.04. The zero-order valence-corrected chi connectivity index (χ0v) is 12.5. The number of nitrogens with zero attached hydrogens (tertiary/aromatic N) is 4. The highest BCUT2D eigenvalue weighted by molar-refractivity contribution is 5.85. The van der Waals surface area contributed by atoms with Gasteiger partial charge in [-0.25, -0.2) is 9.97 Å². The second-order valence-corrected chi connectivity index (χ2v) is 6.25. The Hall–Kier alpha value is -1.62. The molecule has 0 aliphatic carbocycles. The van der Waals surface area contributed by atoms with Crippen molar-refractivity contribution in [1.82, 2.24) is 19.9 Å². The van der Waals surface area contributed by atoms with Crippen LogP contribution in [0, 0.1) is 0 Å². The van der Waals surface area contributed by atoms with Crippen LogP contribution in [0.5, 0.6) is 0 Å². The Morgan fingerprint density at radius 1 is 1.00 bits per heavy atom. The molecule has 4 rings (SSSR count). The van der Waals surface area contributed by atoms with Gasteiger partial charge in [-0.05, 0) is 44.8 Å². The van der Waals surface area contributed by atoms with Crippen LogP contribution in [0.2, 0.25) is 0 Å². The molecule has 21 heavy (non-hydrogen) atoms. The van der Waals surface area contributed by atoms with Crippen molar-refractivity contribution in [2.75, 3.05) is 31.1 Å². The Balaban J connectivity index is 1.46. The van der Waals surface area contributed by atoms with Crippen LogP contribution >= 0.6 is 0 Å². The van der Waals surface area contributed by atoms with Gasteiger partial charge in [0.2, 0.25) is 0 Å². The number of aromatic amines is 1. The Labute approximate surface area is 125 Å². The fraction of sp³-hybridized carbons (Fsp3) is 0.625. The predicted molar refractivity (Wildman–Crippen MR) is 84.5 cm³/mol. The molecule has 1 N–H and O–H groups in total. The molecule has 0 bridgehead atoms. The van der Waals surface area contributed by atoms with Crippen LogP contribution in [0.4, 0.5) is 5.82 Å². The first-order valence-electron chi connectivity index (χ1n) is 8.19. The molecule has 5 nitrogen and oxygen atoms in total. The highest BCUT2D eigenvalue weighted by Crippen LogP contribution is 2.27. The van der Waals surface area contributed by atoms with E-state index in [1.807, 2.05) is 12.3 Å². The van der Waals surface area contributed by atoms with E-state index in [2.05, 4.69) is 24.8 Å². The van der Waals surface area contributed by atoms with E-state index in [1.165, 1.54) is 45.2 Å². The summed E-state index contributed by atoms with van der Waals surface area (Å²) in [6, 6.07) is 2.79. The first kappa shape index (κ1) is 13.1. The molecule has 0 unspecified atom stereocenters. The third kappa shape index (κ3) is 2.50. The lowest BCUT2D eigenvalue weighted by Crippen LogP contribution is -2.47. The van der Waals surface area contributed by atoms with Crippen molar-refractivity contribution in [2.24, 2.45) is 0 Å². The summed E-state index contributed by atoms with van der Waals surface area (Å²) in [5.41, 5.74) is 2.09. The molecule has 4 heterocycles. The van der Waals surface area contributed by atoms with E-state index in [0.717, 1.165) is 36.0 Å². The molecule has 2 aliphatic heterocycles. The Morgan fingerprint density at radius 2 is 1.81 bits per heavy atom. The standard InChI is InChI=1S/C16H23N5/c1-2-8-20(9-3-1)13-5-10-21(11-6-13)16-15-14(4-7-17-15)18-12-19-16/h4,7,12-13,17H,1-3,5-6,8-11H2. The number of piperidine rings is 2. The van der Waals surface area contributed by atoms with E-state index in [0.29, 0.717) is 0 Å². The molecule has 112 valence electrons. The van der Waals surface area contributed by atoms with Crippen molar-refractivity contribution < 1.29 is 0 Å². The van der Waals surface area contributed by atoms with E-state index in [1.54, 1.807) is 6.33 Å². The topological polar surface area (TPSA) is 48.1 Å². The lowest BCUT2D eigenvalue weighted by molar-refractivity contribution is 0.141. The normalized spacial score (nSPS) is 22.0. The smallest absolute Gasteiger partial charge is 0.156 e. The highest BCUT2D eigenvalue weighted by Gasteiger charge is 2.26. The summed E-state index contributed by atoms with van der Waals surface area (Å²) >= 11 is 0. The van der Waals surface area contributed by atoms with Gasteiger partial charge in [-0.2, -0.15) is 0 Å². The summed E-state index contributed by atoms with van der Waals surface area (Å²) in [5, 5.41) is 0. The minimum absolute atomic E-state index is 0.780. The maximum absolute atomic E-state index is 4.51. The number of nitrogens with one attached hydrogen (secondary N) is 1. The van der Waals surface area contributed by atoms with E-state index in [4.69, 9.17) is 0 Å². The molecule has 0 atom stereocenters. The molecule has 0 aromatic carbocycles. The molecular weight excluding hydrogens is 262 g/mol. The lowest BCUT2D eigenvalue weighted by atomic mass is 10.00. The van der Waals surface area contributed by atoms with Gasteiger partial charge in [0.1, 0.15) is 11.8 Å².